The molecule has 18 heteroatoms. The maximum absolute atomic E-state index is 15.2. The number of hydrogen-bond donors (Lipinski definition) is 2. The monoisotopic (exact) mass is 1030 g/mol. The van der Waals surface area contributed by atoms with Crippen LogP contribution < -0.4 is 15.6 Å². The number of rotatable bonds is 12. The number of piperazine rings is 1. The topological polar surface area (TPSA) is 178 Å². The zero-order chi connectivity index (χ0) is 51.6. The largest absolute Gasteiger partial charge is 0.464 e. The van der Waals surface area contributed by atoms with Gasteiger partial charge in [-0.1, -0.05) is 13.8 Å². The molecule has 0 spiro atoms. The molecule has 7 aliphatic heterocycles. The normalized spacial score (nSPS) is 29.3. The number of fused-ring (bicyclic) bond motifs is 7. The van der Waals surface area contributed by atoms with Gasteiger partial charge in [-0.15, -0.1) is 0 Å². The fourth-order valence-corrected chi connectivity index (χ4v) is 13.3. The average Bonchev–Trinajstić information content (AvgIpc) is 3.83. The van der Waals surface area contributed by atoms with Crippen LogP contribution in [0.3, 0.4) is 0 Å². The number of nitrogens with one attached hydrogen (secondary N) is 2. The number of aromatic nitrogens is 3. The number of anilines is 1. The van der Waals surface area contributed by atoms with E-state index >= 15 is 4.79 Å². The average molecular weight is 1030 g/mol. The first-order valence-corrected chi connectivity index (χ1v) is 28.1. The molecular weight excluding hydrogens is 955 g/mol. The minimum absolute atomic E-state index is 0.0309. The maximum atomic E-state index is 15.2. The van der Waals surface area contributed by atoms with E-state index < -0.39 is 35.1 Å². The van der Waals surface area contributed by atoms with Gasteiger partial charge in [-0.2, -0.15) is 0 Å². The number of nitrogens with zero attached hydrogens (tertiary/aromatic N) is 7. The van der Waals surface area contributed by atoms with Gasteiger partial charge in [0.1, 0.15) is 23.9 Å². The minimum Gasteiger partial charge on any atom is -0.464 e. The number of methoxy groups -OCH3 is 1. The Bertz CT molecular complexity index is 2750. The van der Waals surface area contributed by atoms with Gasteiger partial charge in [-0.05, 0) is 133 Å². The lowest BCUT2D eigenvalue weighted by atomic mass is 9.72. The van der Waals surface area contributed by atoms with Crippen molar-refractivity contribution in [1.82, 2.24) is 40.1 Å². The molecule has 2 amide bonds. The van der Waals surface area contributed by atoms with Crippen molar-refractivity contribution in [2.75, 3.05) is 84.3 Å². The van der Waals surface area contributed by atoms with Crippen LogP contribution in [0.1, 0.15) is 121 Å². The fourth-order valence-electron chi connectivity index (χ4n) is 13.3. The molecule has 1 aromatic carbocycles. The van der Waals surface area contributed by atoms with Gasteiger partial charge in [0.25, 0.3) is 11.8 Å². The van der Waals surface area contributed by atoms with Crippen molar-refractivity contribution in [3.05, 3.63) is 53.7 Å². The molecule has 5 atom stereocenters. The van der Waals surface area contributed by atoms with Crippen LogP contribution in [0.4, 0.5) is 5.69 Å². The van der Waals surface area contributed by atoms with Gasteiger partial charge in [0.2, 0.25) is 5.89 Å². The first-order chi connectivity index (χ1) is 36.3. The summed E-state index contributed by atoms with van der Waals surface area (Å²) in [6.07, 6.45) is 12.5. The molecule has 2 N–H and O–H groups in total. The van der Waals surface area contributed by atoms with Gasteiger partial charge >= 0.3 is 5.97 Å². The van der Waals surface area contributed by atoms with E-state index in [9.17, 15) is 9.59 Å². The minimum atomic E-state index is -1.06. The highest BCUT2D eigenvalue weighted by Gasteiger charge is 2.61. The number of carbonyl (C=O) groups excluding carboxylic acids is 3. The van der Waals surface area contributed by atoms with E-state index in [4.69, 9.17) is 38.1 Å². The van der Waals surface area contributed by atoms with Crippen molar-refractivity contribution < 1.29 is 42.5 Å². The van der Waals surface area contributed by atoms with Gasteiger partial charge in [-0.25, -0.2) is 10.4 Å². The van der Waals surface area contributed by atoms with Crippen LogP contribution >= 0.6 is 0 Å². The van der Waals surface area contributed by atoms with Crippen LogP contribution in [0.25, 0.3) is 33.6 Å². The van der Waals surface area contributed by atoms with E-state index in [1.807, 2.05) is 13.1 Å². The first kappa shape index (κ1) is 50.8. The number of benzene rings is 1. The molecule has 0 unspecified atom stereocenters. The molecule has 4 aromatic rings. The van der Waals surface area contributed by atoms with Gasteiger partial charge in [0.15, 0.2) is 0 Å². The van der Waals surface area contributed by atoms with Gasteiger partial charge in [0.05, 0.1) is 66.5 Å². The number of hydrazine groups is 1. The number of likely N-dealkylation sites (tertiary alicyclic amines) is 1. The number of pyridine rings is 1. The van der Waals surface area contributed by atoms with Crippen LogP contribution in [-0.4, -0.2) is 162 Å². The molecule has 9 aliphatic rings. The third kappa shape index (κ3) is 10.0. The first-order valence-electron chi connectivity index (χ1n) is 28.1. The van der Waals surface area contributed by atoms with E-state index in [0.29, 0.717) is 95.6 Å². The highest BCUT2D eigenvalue weighted by atomic mass is 16.5. The molecule has 3 aromatic heterocycles. The summed E-state index contributed by atoms with van der Waals surface area (Å²) in [6.45, 7) is 16.6. The summed E-state index contributed by atoms with van der Waals surface area (Å²) in [5.41, 5.74) is 9.09. The molecule has 6 saturated heterocycles. The van der Waals surface area contributed by atoms with Crippen molar-refractivity contribution in [3.63, 3.8) is 0 Å². The van der Waals surface area contributed by atoms with Gasteiger partial charge in [0, 0.05) is 93.1 Å². The Labute approximate surface area is 440 Å². The van der Waals surface area contributed by atoms with Gasteiger partial charge in [-0.3, -0.25) is 34.2 Å². The molecule has 404 valence electrons. The Morgan fingerprint density at radius 3 is 2.48 bits per heavy atom. The standard InChI is InChI=1S/C57H77N9O9/c1-35-38-29-57(30-38,75-35)55(69)60-49-51(64-16-6-7-17-64)46-33-73-52(59-46)37-10-13-47-42(27-37)44(31-56(3,4)34-74-54(68)45-9-8-18-66(61-45)53(49)67)50(65(47)23-26-72-41-14-24-71-25-15-41)43-28-40(32-58-48(43)36(2)70-5)63-21-19-62(20-22-63)39-11-12-39/h10,13,27-28,32-33,35-36,38-39,41,45,49,51,61H,6-9,11-12,14-26,29-31,34H2,1-5H3,(H,60,69)/t35-,36+,38?,45+,49+,51-,57?/m1/s1. The molecule has 0 radical (unpaired) electrons. The lowest BCUT2D eigenvalue weighted by molar-refractivity contribution is -0.157. The highest BCUT2D eigenvalue weighted by molar-refractivity contribution is 5.96. The number of esters is 1. The molecular formula is C57H77N9O9. The molecule has 10 heterocycles. The molecule has 8 fully saturated rings. The molecule has 2 aliphatic carbocycles. The predicted molar refractivity (Wildman–Crippen MR) is 280 cm³/mol. The Kier molecular flexibility index (Phi) is 14.1. The number of hydrogen-bond acceptors (Lipinski definition) is 15. The second kappa shape index (κ2) is 20.8. The third-order valence-electron chi connectivity index (χ3n) is 17.8. The van der Waals surface area contributed by atoms with Crippen molar-refractivity contribution in [2.45, 2.75) is 153 Å². The zero-order valence-electron chi connectivity index (χ0n) is 44.7. The smallest absolute Gasteiger partial charge is 0.324 e. The highest BCUT2D eigenvalue weighted by Crippen LogP contribution is 2.53. The van der Waals surface area contributed by atoms with E-state index in [-0.39, 0.29) is 36.7 Å². The van der Waals surface area contributed by atoms with Crippen LogP contribution in [0.15, 0.2) is 41.1 Å². The molecule has 18 nitrogen and oxygen atoms in total. The van der Waals surface area contributed by atoms with E-state index in [1.54, 1.807) is 13.4 Å². The van der Waals surface area contributed by atoms with E-state index in [0.717, 1.165) is 103 Å². The summed E-state index contributed by atoms with van der Waals surface area (Å²) in [5, 5.41) is 5.77. The molecule has 8 bridgehead atoms. The second-order valence-corrected chi connectivity index (χ2v) is 23.6. The molecule has 75 heavy (non-hydrogen) atoms. The van der Waals surface area contributed by atoms with Crippen molar-refractivity contribution in [3.8, 4) is 22.7 Å². The number of oxazole rings is 1. The third-order valence-corrected chi connectivity index (χ3v) is 17.8. The molecule has 2 saturated carbocycles. The van der Waals surface area contributed by atoms with Crippen molar-refractivity contribution in [2.24, 2.45) is 11.3 Å². The summed E-state index contributed by atoms with van der Waals surface area (Å²) < 4.78 is 40.1. The van der Waals surface area contributed by atoms with E-state index in [2.05, 4.69) is 75.0 Å². The summed E-state index contributed by atoms with van der Waals surface area (Å²) >= 11 is 0. The number of cyclic esters (lactones) is 1. The Morgan fingerprint density at radius 2 is 1.75 bits per heavy atom. The number of amides is 2. The lowest BCUT2D eigenvalue weighted by Crippen LogP contribution is -2.64. The summed E-state index contributed by atoms with van der Waals surface area (Å²) in [4.78, 5) is 62.0. The Morgan fingerprint density at radius 1 is 0.960 bits per heavy atom. The number of ether oxygens (including phenoxy) is 5. The van der Waals surface area contributed by atoms with Gasteiger partial charge < -0.3 is 42.9 Å². The molecule has 13 rings (SSSR count). The lowest BCUT2D eigenvalue weighted by Gasteiger charge is -2.41. The van der Waals surface area contributed by atoms with Crippen LogP contribution in [0.2, 0.25) is 0 Å². The number of carbonyl (C=O) groups is 3. The maximum Gasteiger partial charge on any atom is 0.324 e. The quantitative estimate of drug-likeness (QED) is 0.150. The summed E-state index contributed by atoms with van der Waals surface area (Å²) in [7, 11) is 1.74. The second-order valence-electron chi connectivity index (χ2n) is 23.6. The van der Waals surface area contributed by atoms with Crippen LogP contribution in [0, 0.1) is 11.3 Å². The SMILES string of the molecule is CO[C@@H](C)c1ncc(N2CCN(C3CC3)CC2)cc1-c1c2c3cc(ccc3n1CCOC1CCOCC1)-c1nc(co1)[C@@H](N1CCCC1)[C@H](NC(=O)C13CC(C1)[C@@H](C)O3)C(=O)N1CCC[C@H](N1)C(=O)OCC(C)(C)C2. The summed E-state index contributed by atoms with van der Waals surface area (Å²) in [6, 6.07) is 6.95. The van der Waals surface area contributed by atoms with Crippen LogP contribution in [0.5, 0.6) is 0 Å². The Balaban J connectivity index is 0.999. The fraction of sp³-hybridized carbons (Fsp3) is 0.667. The van der Waals surface area contributed by atoms with Crippen LogP contribution in [-0.2, 0) is 51.0 Å². The zero-order valence-corrected chi connectivity index (χ0v) is 44.7. The van der Waals surface area contributed by atoms with Crippen molar-refractivity contribution in [1.29, 1.82) is 0 Å². The van der Waals surface area contributed by atoms with Crippen molar-refractivity contribution >= 4 is 34.4 Å². The summed E-state index contributed by atoms with van der Waals surface area (Å²) in [5.74, 6) is -0.320. The Hall–Kier alpha value is -4.95. The predicted octanol–water partition coefficient (Wildman–Crippen LogP) is 6.36. The van der Waals surface area contributed by atoms with E-state index in [1.165, 1.54) is 17.9 Å².